The van der Waals surface area contributed by atoms with Crippen LogP contribution in [0.15, 0.2) is 24.3 Å². The molecule has 6 nitrogen and oxygen atoms in total. The molecule has 3 rings (SSSR count). The summed E-state index contributed by atoms with van der Waals surface area (Å²) in [5.41, 5.74) is 2.25. The number of fused-ring (bicyclic) bond motifs is 1. The van der Waals surface area contributed by atoms with Crippen molar-refractivity contribution in [3.05, 3.63) is 45.3 Å². The maximum absolute atomic E-state index is 12.4. The molecule has 146 valence electrons. The first-order valence-electron chi connectivity index (χ1n) is 8.44. The van der Waals surface area contributed by atoms with Crippen molar-refractivity contribution in [3.63, 3.8) is 0 Å². The van der Waals surface area contributed by atoms with E-state index in [1.54, 1.807) is 31.3 Å². The number of hydrogen-bond donors (Lipinski definition) is 3. The highest BCUT2D eigenvalue weighted by atomic mass is 35.5. The van der Waals surface area contributed by atoms with Crippen molar-refractivity contribution < 1.29 is 9.59 Å². The fourth-order valence-electron chi connectivity index (χ4n) is 2.98. The molecule has 0 unspecified atom stereocenters. The predicted octanol–water partition coefficient (Wildman–Crippen LogP) is 4.20. The number of hydrogen-bond acceptors (Lipinski definition) is 4. The average Bonchev–Trinajstić information content (AvgIpc) is 2.99. The number of amides is 3. The molecular weight excluding hydrogens is 407 g/mol. The van der Waals surface area contributed by atoms with Gasteiger partial charge < -0.3 is 10.6 Å². The highest BCUT2D eigenvalue weighted by Gasteiger charge is 2.27. The summed E-state index contributed by atoms with van der Waals surface area (Å²) in [4.78, 5) is 28.2. The van der Waals surface area contributed by atoms with Gasteiger partial charge in [0.05, 0.1) is 5.56 Å². The minimum absolute atomic E-state index is 0. The van der Waals surface area contributed by atoms with Crippen LogP contribution in [-0.4, -0.2) is 37.0 Å². The van der Waals surface area contributed by atoms with Gasteiger partial charge in [0.25, 0.3) is 5.91 Å². The Morgan fingerprint density at radius 1 is 1.22 bits per heavy atom. The lowest BCUT2D eigenvalue weighted by molar-refractivity contribution is 0.0962. The molecule has 2 heterocycles. The maximum atomic E-state index is 12.4. The Labute approximate surface area is 173 Å². The lowest BCUT2D eigenvalue weighted by atomic mass is 10.0. The van der Waals surface area contributed by atoms with Gasteiger partial charge in [-0.2, -0.15) is 0 Å². The average molecular weight is 429 g/mol. The van der Waals surface area contributed by atoms with Crippen molar-refractivity contribution >= 4 is 58.0 Å². The topological polar surface area (TPSA) is 73.5 Å². The minimum Gasteiger partial charge on any atom is -0.355 e. The molecule has 0 bridgehead atoms. The van der Waals surface area contributed by atoms with Gasteiger partial charge >= 0.3 is 6.03 Å². The number of likely N-dealkylation sites (N-methyl/N-ethyl adjacent to an activating group) is 1. The van der Waals surface area contributed by atoms with Gasteiger partial charge in [0, 0.05) is 35.7 Å². The molecule has 27 heavy (non-hydrogen) atoms. The van der Waals surface area contributed by atoms with Gasteiger partial charge in [0.2, 0.25) is 0 Å². The molecule has 1 aromatic heterocycles. The summed E-state index contributed by atoms with van der Waals surface area (Å²) >= 11 is 7.33. The zero-order valence-corrected chi connectivity index (χ0v) is 17.5. The Balaban J connectivity index is 0.00000261. The number of thiophene rings is 1. The zero-order chi connectivity index (χ0) is 18.7. The summed E-state index contributed by atoms with van der Waals surface area (Å²) in [5.74, 6) is -0.172. The zero-order valence-electron chi connectivity index (χ0n) is 15.1. The summed E-state index contributed by atoms with van der Waals surface area (Å²) in [5, 5.41) is 9.46. The van der Waals surface area contributed by atoms with Crippen LogP contribution in [0.4, 0.5) is 15.5 Å². The molecule has 0 saturated carbocycles. The number of urea groups is 1. The minimum atomic E-state index is -0.386. The molecule has 9 heteroatoms. The number of carbonyl (C=O) groups is 2. The predicted molar refractivity (Wildman–Crippen MR) is 114 cm³/mol. The van der Waals surface area contributed by atoms with Crippen LogP contribution in [-0.2, 0) is 13.0 Å². The van der Waals surface area contributed by atoms with E-state index in [0.717, 1.165) is 36.5 Å². The number of carbonyl (C=O) groups excluding carboxylic acids is 2. The molecule has 0 atom stereocenters. The first kappa shape index (κ1) is 21.5. The van der Waals surface area contributed by atoms with Crippen LogP contribution in [0.1, 0.15) is 27.7 Å². The van der Waals surface area contributed by atoms with Crippen molar-refractivity contribution in [2.45, 2.75) is 19.9 Å². The fraction of sp³-hybridized carbons (Fsp3) is 0.333. The Kier molecular flexibility index (Phi) is 7.49. The number of nitrogens with zero attached hydrogens (tertiary/aromatic N) is 1. The second-order valence-electron chi connectivity index (χ2n) is 5.99. The summed E-state index contributed by atoms with van der Waals surface area (Å²) in [6, 6.07) is 6.47. The molecule has 0 spiro atoms. The molecule has 1 aromatic carbocycles. The monoisotopic (exact) mass is 428 g/mol. The SMILES string of the molecule is CCN1CCc2c(sc(NC(=O)Nc3ccc(Cl)cc3)c2C(=O)NC)C1.Cl. The molecule has 0 aliphatic carbocycles. The van der Waals surface area contributed by atoms with Crippen molar-refractivity contribution in [1.82, 2.24) is 10.2 Å². The van der Waals surface area contributed by atoms with Gasteiger partial charge in [-0.25, -0.2) is 4.79 Å². The fourth-order valence-corrected chi connectivity index (χ4v) is 4.39. The third kappa shape index (κ3) is 4.93. The normalized spacial score (nSPS) is 13.3. The Hall–Kier alpha value is -1.80. The van der Waals surface area contributed by atoms with Crippen LogP contribution in [0.3, 0.4) is 0 Å². The molecule has 0 radical (unpaired) electrons. The molecule has 3 amide bonds. The van der Waals surface area contributed by atoms with E-state index in [2.05, 4.69) is 27.8 Å². The van der Waals surface area contributed by atoms with E-state index in [0.29, 0.717) is 21.3 Å². The van der Waals surface area contributed by atoms with E-state index in [9.17, 15) is 9.59 Å². The third-order valence-corrected chi connectivity index (χ3v) is 5.75. The van der Waals surface area contributed by atoms with E-state index in [1.165, 1.54) is 11.3 Å². The van der Waals surface area contributed by atoms with E-state index in [-0.39, 0.29) is 24.3 Å². The lowest BCUT2D eigenvalue weighted by Crippen LogP contribution is -2.30. The van der Waals surface area contributed by atoms with Gasteiger partial charge in [-0.3, -0.25) is 15.0 Å². The van der Waals surface area contributed by atoms with E-state index in [4.69, 9.17) is 11.6 Å². The number of halogens is 2. The smallest absolute Gasteiger partial charge is 0.324 e. The Bertz CT molecular complexity index is 824. The van der Waals surface area contributed by atoms with Gasteiger partial charge in [-0.15, -0.1) is 23.7 Å². The lowest BCUT2D eigenvalue weighted by Gasteiger charge is -2.25. The van der Waals surface area contributed by atoms with Crippen LogP contribution in [0.2, 0.25) is 5.02 Å². The molecule has 1 aliphatic heterocycles. The Morgan fingerprint density at radius 3 is 2.56 bits per heavy atom. The van der Waals surface area contributed by atoms with Crippen molar-refractivity contribution in [1.29, 1.82) is 0 Å². The summed E-state index contributed by atoms with van der Waals surface area (Å²) in [6.45, 7) is 4.81. The second kappa shape index (κ2) is 9.41. The van der Waals surface area contributed by atoms with Crippen LogP contribution in [0.5, 0.6) is 0 Å². The number of nitrogens with one attached hydrogen (secondary N) is 3. The Morgan fingerprint density at radius 2 is 1.93 bits per heavy atom. The number of anilines is 2. The maximum Gasteiger partial charge on any atom is 0.324 e. The number of rotatable bonds is 4. The van der Waals surface area contributed by atoms with Gasteiger partial charge in [0.15, 0.2) is 0 Å². The summed E-state index contributed by atoms with van der Waals surface area (Å²) in [6.07, 6.45) is 0.808. The first-order chi connectivity index (χ1) is 12.5. The molecule has 3 N–H and O–H groups in total. The van der Waals surface area contributed by atoms with E-state index < -0.39 is 0 Å². The molecular formula is C18H22Cl2N4O2S. The standard InChI is InChI=1S/C18H21ClN4O2S.ClH/c1-3-23-9-8-13-14(10-23)26-17(15(13)16(24)20-2)22-18(25)21-12-6-4-11(19)5-7-12;/h4-7H,3,8-10H2,1-2H3,(H,20,24)(H2,21,22,25);1H. The van der Waals surface area contributed by atoms with Gasteiger partial charge in [0.1, 0.15) is 5.00 Å². The number of benzene rings is 1. The molecule has 1 aliphatic rings. The van der Waals surface area contributed by atoms with Crippen LogP contribution in [0.25, 0.3) is 0 Å². The van der Waals surface area contributed by atoms with Crippen LogP contribution >= 0.6 is 35.3 Å². The summed E-state index contributed by atoms with van der Waals surface area (Å²) < 4.78 is 0. The first-order valence-corrected chi connectivity index (χ1v) is 9.63. The quantitative estimate of drug-likeness (QED) is 0.682. The molecule has 0 fully saturated rings. The van der Waals surface area contributed by atoms with E-state index >= 15 is 0 Å². The summed E-state index contributed by atoms with van der Waals surface area (Å²) in [7, 11) is 1.60. The third-order valence-electron chi connectivity index (χ3n) is 4.37. The highest BCUT2D eigenvalue weighted by molar-refractivity contribution is 7.17. The van der Waals surface area contributed by atoms with E-state index in [1.807, 2.05) is 0 Å². The second-order valence-corrected chi connectivity index (χ2v) is 7.53. The van der Waals surface area contributed by atoms with Crippen molar-refractivity contribution in [3.8, 4) is 0 Å². The van der Waals surface area contributed by atoms with Crippen LogP contribution in [0, 0.1) is 0 Å². The highest BCUT2D eigenvalue weighted by Crippen LogP contribution is 2.37. The van der Waals surface area contributed by atoms with Gasteiger partial charge in [-0.05, 0) is 42.8 Å². The molecule has 2 aromatic rings. The largest absolute Gasteiger partial charge is 0.355 e. The van der Waals surface area contributed by atoms with Crippen LogP contribution < -0.4 is 16.0 Å². The van der Waals surface area contributed by atoms with Crippen molar-refractivity contribution in [2.24, 2.45) is 0 Å². The molecule has 0 saturated heterocycles. The van der Waals surface area contributed by atoms with Crippen molar-refractivity contribution in [2.75, 3.05) is 30.8 Å². The van der Waals surface area contributed by atoms with Gasteiger partial charge in [-0.1, -0.05) is 18.5 Å².